The molecule has 2 aromatic carbocycles. The molecular formula is C16H15BrO2. The van der Waals surface area contributed by atoms with Gasteiger partial charge < -0.3 is 4.74 Å². The lowest BCUT2D eigenvalue weighted by molar-refractivity contribution is 0.103. The Morgan fingerprint density at radius 3 is 2.37 bits per heavy atom. The standard InChI is InChI=1S/C16H15BrO2/c1-10-4-6-13(11(2)8-10)16(18)14-7-5-12(17)9-15(14)19-3/h4-9H,1-3H3. The average molecular weight is 319 g/mol. The van der Waals surface area contributed by atoms with Crippen LogP contribution in [0.5, 0.6) is 5.75 Å². The predicted molar refractivity (Wildman–Crippen MR) is 80.0 cm³/mol. The Morgan fingerprint density at radius 2 is 1.74 bits per heavy atom. The molecule has 2 rings (SSSR count). The van der Waals surface area contributed by atoms with E-state index in [9.17, 15) is 4.79 Å². The summed E-state index contributed by atoms with van der Waals surface area (Å²) in [6.45, 7) is 3.97. The van der Waals surface area contributed by atoms with Gasteiger partial charge in [0.15, 0.2) is 5.78 Å². The largest absolute Gasteiger partial charge is 0.496 e. The Morgan fingerprint density at radius 1 is 1.05 bits per heavy atom. The molecule has 98 valence electrons. The van der Waals surface area contributed by atoms with Crippen LogP contribution in [-0.4, -0.2) is 12.9 Å². The summed E-state index contributed by atoms with van der Waals surface area (Å²) in [6, 6.07) is 11.3. The third-order valence-corrected chi connectivity index (χ3v) is 3.53. The Labute approximate surface area is 121 Å². The highest BCUT2D eigenvalue weighted by Gasteiger charge is 2.16. The van der Waals surface area contributed by atoms with Crippen molar-refractivity contribution in [1.82, 2.24) is 0 Å². The minimum Gasteiger partial charge on any atom is -0.496 e. The normalized spacial score (nSPS) is 10.3. The van der Waals surface area contributed by atoms with E-state index >= 15 is 0 Å². The van der Waals surface area contributed by atoms with Gasteiger partial charge in [0.05, 0.1) is 12.7 Å². The Bertz CT molecular complexity index is 633. The van der Waals surface area contributed by atoms with Crippen molar-refractivity contribution >= 4 is 21.7 Å². The fraction of sp³-hybridized carbons (Fsp3) is 0.188. The summed E-state index contributed by atoms with van der Waals surface area (Å²) in [5.41, 5.74) is 3.43. The van der Waals surface area contributed by atoms with Gasteiger partial charge in [-0.2, -0.15) is 0 Å². The van der Waals surface area contributed by atoms with E-state index in [1.807, 2.05) is 38.1 Å². The number of rotatable bonds is 3. The summed E-state index contributed by atoms with van der Waals surface area (Å²) in [6.07, 6.45) is 0. The van der Waals surface area contributed by atoms with E-state index < -0.39 is 0 Å². The molecule has 0 aliphatic carbocycles. The minimum absolute atomic E-state index is 0.0122. The highest BCUT2D eigenvalue weighted by Crippen LogP contribution is 2.26. The van der Waals surface area contributed by atoms with Gasteiger partial charge in [-0.1, -0.05) is 39.7 Å². The lowest BCUT2D eigenvalue weighted by Gasteiger charge is -2.10. The van der Waals surface area contributed by atoms with Gasteiger partial charge in [-0.15, -0.1) is 0 Å². The van der Waals surface area contributed by atoms with E-state index in [0.717, 1.165) is 15.6 Å². The van der Waals surface area contributed by atoms with Gasteiger partial charge >= 0.3 is 0 Å². The van der Waals surface area contributed by atoms with E-state index in [0.29, 0.717) is 16.9 Å². The number of methoxy groups -OCH3 is 1. The van der Waals surface area contributed by atoms with Crippen LogP contribution in [0.4, 0.5) is 0 Å². The van der Waals surface area contributed by atoms with E-state index in [-0.39, 0.29) is 5.78 Å². The topological polar surface area (TPSA) is 26.3 Å². The van der Waals surface area contributed by atoms with Gasteiger partial charge in [0.1, 0.15) is 5.75 Å². The molecule has 3 heteroatoms. The zero-order chi connectivity index (χ0) is 14.0. The fourth-order valence-electron chi connectivity index (χ4n) is 2.07. The van der Waals surface area contributed by atoms with Gasteiger partial charge in [0.2, 0.25) is 0 Å². The summed E-state index contributed by atoms with van der Waals surface area (Å²) < 4.78 is 6.17. The van der Waals surface area contributed by atoms with Crippen molar-refractivity contribution in [1.29, 1.82) is 0 Å². The van der Waals surface area contributed by atoms with Gasteiger partial charge in [-0.25, -0.2) is 0 Å². The van der Waals surface area contributed by atoms with E-state index in [1.165, 1.54) is 0 Å². The van der Waals surface area contributed by atoms with Crippen LogP contribution in [0.3, 0.4) is 0 Å². The molecule has 0 spiro atoms. The maximum Gasteiger partial charge on any atom is 0.197 e. The number of benzene rings is 2. The van der Waals surface area contributed by atoms with Crippen molar-refractivity contribution in [3.63, 3.8) is 0 Å². The number of ether oxygens (including phenoxy) is 1. The average Bonchev–Trinajstić information content (AvgIpc) is 2.37. The van der Waals surface area contributed by atoms with Gasteiger partial charge in [-0.3, -0.25) is 4.79 Å². The molecule has 0 saturated heterocycles. The van der Waals surface area contributed by atoms with Crippen LogP contribution < -0.4 is 4.74 Å². The molecule has 0 atom stereocenters. The Kier molecular flexibility index (Phi) is 4.05. The Balaban J connectivity index is 2.50. The van der Waals surface area contributed by atoms with Crippen LogP contribution in [0.1, 0.15) is 27.0 Å². The maximum absolute atomic E-state index is 12.6. The number of aryl methyl sites for hydroxylation is 2. The number of hydrogen-bond acceptors (Lipinski definition) is 2. The van der Waals surface area contributed by atoms with Crippen LogP contribution in [0.25, 0.3) is 0 Å². The molecule has 0 fully saturated rings. The zero-order valence-electron chi connectivity index (χ0n) is 11.2. The lowest BCUT2D eigenvalue weighted by atomic mass is 9.97. The molecule has 2 aromatic rings. The maximum atomic E-state index is 12.6. The highest BCUT2D eigenvalue weighted by molar-refractivity contribution is 9.10. The van der Waals surface area contributed by atoms with Crippen molar-refractivity contribution in [2.24, 2.45) is 0 Å². The van der Waals surface area contributed by atoms with Crippen molar-refractivity contribution in [3.8, 4) is 5.75 Å². The first-order valence-corrected chi connectivity index (χ1v) is 6.77. The first-order valence-electron chi connectivity index (χ1n) is 5.98. The molecule has 0 aliphatic heterocycles. The zero-order valence-corrected chi connectivity index (χ0v) is 12.7. The molecule has 0 unspecified atom stereocenters. The predicted octanol–water partition coefficient (Wildman–Crippen LogP) is 4.31. The van der Waals surface area contributed by atoms with E-state index in [4.69, 9.17) is 4.74 Å². The monoisotopic (exact) mass is 318 g/mol. The molecule has 2 nitrogen and oxygen atoms in total. The minimum atomic E-state index is -0.0122. The highest BCUT2D eigenvalue weighted by atomic mass is 79.9. The quantitative estimate of drug-likeness (QED) is 0.788. The van der Waals surface area contributed by atoms with Crippen LogP contribution in [0.15, 0.2) is 40.9 Å². The molecule has 0 amide bonds. The summed E-state index contributed by atoms with van der Waals surface area (Å²) in [4.78, 5) is 12.6. The van der Waals surface area contributed by atoms with Gasteiger partial charge in [0, 0.05) is 10.0 Å². The second kappa shape index (κ2) is 5.57. The number of carbonyl (C=O) groups is 1. The van der Waals surface area contributed by atoms with Crippen molar-refractivity contribution < 1.29 is 9.53 Å². The smallest absolute Gasteiger partial charge is 0.197 e. The lowest BCUT2D eigenvalue weighted by Crippen LogP contribution is -2.06. The number of carbonyl (C=O) groups excluding carboxylic acids is 1. The molecule has 0 aliphatic rings. The number of hydrogen-bond donors (Lipinski definition) is 0. The molecule has 0 radical (unpaired) electrons. The van der Waals surface area contributed by atoms with Crippen LogP contribution >= 0.6 is 15.9 Å². The first kappa shape index (κ1) is 13.8. The van der Waals surface area contributed by atoms with Crippen molar-refractivity contribution in [2.45, 2.75) is 13.8 Å². The van der Waals surface area contributed by atoms with Crippen LogP contribution in [0, 0.1) is 13.8 Å². The van der Waals surface area contributed by atoms with Crippen LogP contribution in [0.2, 0.25) is 0 Å². The summed E-state index contributed by atoms with van der Waals surface area (Å²) in [5, 5.41) is 0. The van der Waals surface area contributed by atoms with E-state index in [2.05, 4.69) is 15.9 Å². The number of halogens is 1. The third kappa shape index (κ3) is 2.87. The van der Waals surface area contributed by atoms with E-state index in [1.54, 1.807) is 19.2 Å². The molecule has 0 saturated carbocycles. The van der Waals surface area contributed by atoms with Gasteiger partial charge in [-0.05, 0) is 37.6 Å². The Hall–Kier alpha value is -1.61. The number of ketones is 1. The summed E-state index contributed by atoms with van der Waals surface area (Å²) in [7, 11) is 1.57. The SMILES string of the molecule is COc1cc(Br)ccc1C(=O)c1ccc(C)cc1C. The molecule has 19 heavy (non-hydrogen) atoms. The van der Waals surface area contributed by atoms with Gasteiger partial charge in [0.25, 0.3) is 0 Å². The van der Waals surface area contributed by atoms with Crippen molar-refractivity contribution in [3.05, 3.63) is 63.1 Å². The fourth-order valence-corrected chi connectivity index (χ4v) is 2.41. The van der Waals surface area contributed by atoms with Crippen molar-refractivity contribution in [2.75, 3.05) is 7.11 Å². The molecule has 0 heterocycles. The van der Waals surface area contributed by atoms with Crippen LogP contribution in [-0.2, 0) is 0 Å². The molecule has 0 aromatic heterocycles. The third-order valence-electron chi connectivity index (χ3n) is 3.03. The first-order chi connectivity index (χ1) is 9.02. The molecular weight excluding hydrogens is 304 g/mol. The summed E-state index contributed by atoms with van der Waals surface area (Å²) in [5.74, 6) is 0.571. The second-order valence-electron chi connectivity index (χ2n) is 4.49. The second-order valence-corrected chi connectivity index (χ2v) is 5.41. The molecule has 0 bridgehead atoms. The molecule has 0 N–H and O–H groups in total. The summed E-state index contributed by atoms with van der Waals surface area (Å²) >= 11 is 3.38.